The van der Waals surface area contributed by atoms with Gasteiger partial charge in [0.15, 0.2) is 0 Å². The van der Waals surface area contributed by atoms with E-state index in [9.17, 15) is 13.6 Å². The molecule has 0 saturated heterocycles. The van der Waals surface area contributed by atoms with E-state index in [0.29, 0.717) is 0 Å². The number of hydrogen-bond donors (Lipinski definition) is 0. The Labute approximate surface area is 103 Å². The van der Waals surface area contributed by atoms with Gasteiger partial charge in [0.1, 0.15) is 0 Å². The fourth-order valence-corrected chi connectivity index (χ4v) is 2.67. The Hall–Kier alpha value is -2.09. The van der Waals surface area contributed by atoms with Crippen molar-refractivity contribution in [1.82, 2.24) is 5.16 Å². The van der Waals surface area contributed by atoms with E-state index in [-0.39, 0.29) is 22.3 Å². The van der Waals surface area contributed by atoms with Crippen LogP contribution in [0, 0.1) is 5.21 Å². The Balaban J connectivity index is 2.58. The molecule has 0 atom stereocenters. The van der Waals surface area contributed by atoms with E-state index in [1.54, 1.807) is 25.1 Å². The molecule has 0 aliphatic rings. The molecule has 18 heavy (non-hydrogen) atoms. The van der Waals surface area contributed by atoms with Crippen molar-refractivity contribution in [2.75, 3.05) is 6.61 Å². The summed E-state index contributed by atoms with van der Waals surface area (Å²) in [7, 11) is -4.01. The lowest BCUT2D eigenvalue weighted by molar-refractivity contribution is -0.832. The standard InChI is InChI=1S/C10H10N2O5S/c1-2-16-9-10(12(13)17-11-9)18(14,15)8-6-4-3-5-7-8/h3-7H,2H2,1H3. The monoisotopic (exact) mass is 270 g/mol. The molecule has 0 bridgehead atoms. The molecule has 0 aliphatic carbocycles. The van der Waals surface area contributed by atoms with E-state index in [4.69, 9.17) is 4.74 Å². The lowest BCUT2D eigenvalue weighted by Gasteiger charge is -2.01. The predicted molar refractivity (Wildman–Crippen MR) is 58.5 cm³/mol. The molecule has 0 N–H and O–H groups in total. The van der Waals surface area contributed by atoms with Crippen molar-refractivity contribution < 1.29 is 22.7 Å². The van der Waals surface area contributed by atoms with Crippen LogP contribution in [0.1, 0.15) is 6.92 Å². The van der Waals surface area contributed by atoms with E-state index in [1.807, 2.05) is 0 Å². The number of benzene rings is 1. The Morgan fingerprint density at radius 1 is 1.39 bits per heavy atom. The van der Waals surface area contributed by atoms with Crippen LogP contribution in [-0.4, -0.2) is 20.2 Å². The number of hydrogen-bond acceptors (Lipinski definition) is 6. The van der Waals surface area contributed by atoms with Crippen molar-refractivity contribution in [2.45, 2.75) is 16.8 Å². The van der Waals surface area contributed by atoms with E-state index in [0.717, 1.165) is 0 Å². The molecule has 7 nitrogen and oxygen atoms in total. The van der Waals surface area contributed by atoms with Crippen molar-refractivity contribution in [1.29, 1.82) is 0 Å². The minimum absolute atomic E-state index is 0.0289. The van der Waals surface area contributed by atoms with E-state index in [2.05, 4.69) is 9.79 Å². The first kappa shape index (κ1) is 12.4. The maximum absolute atomic E-state index is 12.2. The molecule has 0 spiro atoms. The average Bonchev–Trinajstić information content (AvgIpc) is 2.73. The van der Waals surface area contributed by atoms with Crippen LogP contribution in [0.3, 0.4) is 0 Å². The van der Waals surface area contributed by atoms with Gasteiger partial charge in [0.25, 0.3) is 9.84 Å². The summed E-state index contributed by atoms with van der Waals surface area (Å²) >= 11 is 0. The molecule has 1 aromatic heterocycles. The highest BCUT2D eigenvalue weighted by Crippen LogP contribution is 2.24. The van der Waals surface area contributed by atoms with Gasteiger partial charge in [0, 0.05) is 0 Å². The first-order valence-electron chi connectivity index (χ1n) is 5.10. The van der Waals surface area contributed by atoms with Gasteiger partial charge in [-0.25, -0.2) is 8.42 Å². The van der Waals surface area contributed by atoms with Crippen LogP contribution in [0.25, 0.3) is 0 Å². The maximum atomic E-state index is 12.2. The first-order valence-corrected chi connectivity index (χ1v) is 6.58. The van der Waals surface area contributed by atoms with Gasteiger partial charge in [-0.3, -0.25) is 4.63 Å². The number of sulfone groups is 1. The Morgan fingerprint density at radius 2 is 2.06 bits per heavy atom. The molecule has 0 saturated carbocycles. The Morgan fingerprint density at radius 3 is 2.67 bits per heavy atom. The smallest absolute Gasteiger partial charge is 0.414 e. The molecule has 8 heteroatoms. The molecule has 0 aliphatic heterocycles. The third-order valence-electron chi connectivity index (χ3n) is 2.14. The van der Waals surface area contributed by atoms with Crippen LogP contribution in [0.5, 0.6) is 5.88 Å². The molecule has 0 fully saturated rings. The topological polar surface area (TPSA) is 96.3 Å². The number of nitrogens with zero attached hydrogens (tertiary/aromatic N) is 2. The van der Waals surface area contributed by atoms with Crippen LogP contribution >= 0.6 is 0 Å². The SMILES string of the molecule is CCOc1no[n+]([O-])c1S(=O)(=O)c1ccccc1. The van der Waals surface area contributed by atoms with Crippen molar-refractivity contribution in [2.24, 2.45) is 0 Å². The van der Waals surface area contributed by atoms with Crippen molar-refractivity contribution in [3.05, 3.63) is 35.5 Å². The van der Waals surface area contributed by atoms with Crippen LogP contribution in [0.2, 0.25) is 0 Å². The summed E-state index contributed by atoms with van der Waals surface area (Å²) in [5.74, 6) is -0.337. The Kier molecular flexibility index (Phi) is 3.19. The highest BCUT2D eigenvalue weighted by molar-refractivity contribution is 7.91. The van der Waals surface area contributed by atoms with Crippen LogP contribution in [0.4, 0.5) is 0 Å². The normalized spacial score (nSPS) is 11.4. The molecule has 2 rings (SSSR count). The molecular weight excluding hydrogens is 260 g/mol. The fourth-order valence-electron chi connectivity index (χ4n) is 1.38. The zero-order chi connectivity index (χ0) is 13.2. The second-order valence-corrected chi connectivity index (χ2v) is 5.15. The number of rotatable bonds is 4. The van der Waals surface area contributed by atoms with Crippen molar-refractivity contribution >= 4 is 9.84 Å². The molecule has 0 radical (unpaired) electrons. The summed E-state index contributed by atoms with van der Waals surface area (Å²) in [6.07, 6.45) is 0. The highest BCUT2D eigenvalue weighted by atomic mass is 32.2. The lowest BCUT2D eigenvalue weighted by atomic mass is 10.4. The first-order chi connectivity index (χ1) is 8.57. The summed E-state index contributed by atoms with van der Waals surface area (Å²) in [4.78, 5) is -0.202. The summed E-state index contributed by atoms with van der Waals surface area (Å²) in [6, 6.07) is 7.52. The molecule has 0 amide bonds. The van der Waals surface area contributed by atoms with E-state index < -0.39 is 14.9 Å². The minimum atomic E-state index is -4.01. The number of aromatic nitrogens is 2. The third-order valence-corrected chi connectivity index (χ3v) is 3.86. The quantitative estimate of drug-likeness (QED) is 0.752. The van der Waals surface area contributed by atoms with Crippen LogP contribution in [0.15, 0.2) is 44.9 Å². The van der Waals surface area contributed by atoms with Gasteiger partial charge < -0.3 is 9.94 Å². The maximum Gasteiger partial charge on any atom is 0.414 e. The molecular formula is C10H10N2O5S. The zero-order valence-electron chi connectivity index (χ0n) is 9.44. The predicted octanol–water partition coefficient (Wildman–Crippen LogP) is 0.540. The van der Waals surface area contributed by atoms with E-state index >= 15 is 0 Å². The summed E-state index contributed by atoms with van der Waals surface area (Å²) in [5, 5.41) is 14.0. The van der Waals surface area contributed by atoms with Gasteiger partial charge >= 0.3 is 10.9 Å². The number of ether oxygens (including phenoxy) is 1. The van der Waals surface area contributed by atoms with Crippen LogP contribution in [-0.2, 0) is 9.84 Å². The average molecular weight is 270 g/mol. The minimum Gasteiger partial charge on any atom is -0.455 e. The summed E-state index contributed by atoms with van der Waals surface area (Å²) < 4.78 is 33.6. The molecule has 96 valence electrons. The van der Waals surface area contributed by atoms with Gasteiger partial charge in [0.2, 0.25) is 0 Å². The van der Waals surface area contributed by atoms with Gasteiger partial charge in [-0.1, -0.05) is 18.2 Å². The second kappa shape index (κ2) is 4.65. The molecule has 2 aromatic rings. The van der Waals surface area contributed by atoms with Gasteiger partial charge in [-0.05, 0) is 24.0 Å². The van der Waals surface area contributed by atoms with Gasteiger partial charge in [-0.15, -0.1) is 0 Å². The fraction of sp³-hybridized carbons (Fsp3) is 0.200. The molecule has 0 unspecified atom stereocenters. The molecule has 1 heterocycles. The van der Waals surface area contributed by atoms with Gasteiger partial charge in [-0.2, -0.15) is 0 Å². The second-order valence-electron chi connectivity index (χ2n) is 3.29. The summed E-state index contributed by atoms with van der Waals surface area (Å²) in [6.45, 7) is 1.81. The zero-order valence-corrected chi connectivity index (χ0v) is 10.3. The largest absolute Gasteiger partial charge is 0.455 e. The Bertz CT molecular complexity index is 636. The highest BCUT2D eigenvalue weighted by Gasteiger charge is 2.35. The molecule has 1 aromatic carbocycles. The summed E-state index contributed by atoms with van der Waals surface area (Å²) in [5.41, 5.74) is 0. The lowest BCUT2D eigenvalue weighted by Crippen LogP contribution is -2.30. The van der Waals surface area contributed by atoms with Crippen molar-refractivity contribution in [3.8, 4) is 5.88 Å². The van der Waals surface area contributed by atoms with Crippen molar-refractivity contribution in [3.63, 3.8) is 0 Å². The third kappa shape index (κ3) is 2.02. The van der Waals surface area contributed by atoms with Crippen LogP contribution < -0.4 is 9.64 Å². The van der Waals surface area contributed by atoms with E-state index in [1.165, 1.54) is 12.1 Å². The van der Waals surface area contributed by atoms with Gasteiger partial charge in [0.05, 0.1) is 16.7 Å².